The highest BCUT2D eigenvalue weighted by Gasteiger charge is 2.07. The summed E-state index contributed by atoms with van der Waals surface area (Å²) in [4.78, 5) is 12.0. The third-order valence-electron chi connectivity index (χ3n) is 3.09. The predicted molar refractivity (Wildman–Crippen MR) is 85.0 cm³/mol. The summed E-state index contributed by atoms with van der Waals surface area (Å²) < 4.78 is 1.03. The van der Waals surface area contributed by atoms with Gasteiger partial charge in [-0.2, -0.15) is 5.26 Å². The van der Waals surface area contributed by atoms with E-state index in [1.165, 1.54) is 0 Å². The van der Waals surface area contributed by atoms with Gasteiger partial charge in [-0.05, 0) is 32.3 Å². The van der Waals surface area contributed by atoms with E-state index >= 15 is 0 Å². The van der Waals surface area contributed by atoms with Crippen molar-refractivity contribution in [3.63, 3.8) is 0 Å². The Balaban J connectivity index is 1.94. The molecule has 0 fully saturated rings. The second-order valence-electron chi connectivity index (χ2n) is 5.11. The first kappa shape index (κ1) is 13.7. The highest BCUT2D eigenvalue weighted by Crippen LogP contribution is 2.32. The molecule has 0 amide bonds. The van der Waals surface area contributed by atoms with Crippen LogP contribution in [0.1, 0.15) is 11.3 Å². The van der Waals surface area contributed by atoms with E-state index in [0.29, 0.717) is 5.56 Å². The average molecular weight is 294 g/mol. The molecule has 5 heteroatoms. The van der Waals surface area contributed by atoms with Gasteiger partial charge in [0.25, 0.3) is 0 Å². The molecule has 0 aliphatic rings. The van der Waals surface area contributed by atoms with Crippen LogP contribution in [-0.4, -0.2) is 29.0 Å². The van der Waals surface area contributed by atoms with Gasteiger partial charge in [-0.15, -0.1) is 11.3 Å². The molecule has 104 valence electrons. The Morgan fingerprint density at radius 2 is 2.05 bits per heavy atom. The van der Waals surface area contributed by atoms with E-state index in [0.717, 1.165) is 32.9 Å². The zero-order valence-electron chi connectivity index (χ0n) is 11.9. The van der Waals surface area contributed by atoms with Crippen molar-refractivity contribution in [2.75, 3.05) is 14.1 Å². The van der Waals surface area contributed by atoms with Gasteiger partial charge in [-0.25, -0.2) is 0 Å². The number of fused-ring (bicyclic) bond motifs is 1. The summed E-state index contributed by atoms with van der Waals surface area (Å²) in [5.41, 5.74) is 3.65. The van der Waals surface area contributed by atoms with Gasteiger partial charge < -0.3 is 4.90 Å². The fourth-order valence-electron chi connectivity index (χ4n) is 2.11. The minimum Gasteiger partial charge on any atom is -0.304 e. The molecule has 0 radical (unpaired) electrons. The SMILES string of the molecule is CN(C)Cc1ccc(-c2cc3ncc(C#N)cc3s2)cn1. The van der Waals surface area contributed by atoms with E-state index < -0.39 is 0 Å². The molecular weight excluding hydrogens is 280 g/mol. The first-order valence-corrected chi connectivity index (χ1v) is 7.37. The first-order valence-electron chi connectivity index (χ1n) is 6.55. The molecule has 0 aromatic carbocycles. The zero-order valence-corrected chi connectivity index (χ0v) is 12.7. The van der Waals surface area contributed by atoms with Crippen molar-refractivity contribution in [3.05, 3.63) is 47.9 Å². The van der Waals surface area contributed by atoms with Crippen LogP contribution in [0.15, 0.2) is 36.7 Å². The first-order chi connectivity index (χ1) is 10.2. The number of thiophene rings is 1. The van der Waals surface area contributed by atoms with Crippen LogP contribution in [0.2, 0.25) is 0 Å². The smallest absolute Gasteiger partial charge is 0.101 e. The number of nitriles is 1. The van der Waals surface area contributed by atoms with Crippen molar-refractivity contribution in [2.24, 2.45) is 0 Å². The van der Waals surface area contributed by atoms with Gasteiger partial charge in [0.15, 0.2) is 0 Å². The van der Waals surface area contributed by atoms with Crippen molar-refractivity contribution >= 4 is 21.6 Å². The summed E-state index contributed by atoms with van der Waals surface area (Å²) in [5, 5.41) is 8.92. The quantitative estimate of drug-likeness (QED) is 0.744. The average Bonchev–Trinajstić information content (AvgIpc) is 2.90. The Bertz CT molecular complexity index is 812. The Kier molecular flexibility index (Phi) is 3.65. The van der Waals surface area contributed by atoms with E-state index in [1.807, 2.05) is 38.5 Å². The molecule has 21 heavy (non-hydrogen) atoms. The fraction of sp³-hybridized carbons (Fsp3) is 0.188. The summed E-state index contributed by atoms with van der Waals surface area (Å²) in [6.45, 7) is 0.833. The lowest BCUT2D eigenvalue weighted by molar-refractivity contribution is 0.397. The molecule has 3 heterocycles. The molecule has 0 saturated carbocycles. The summed E-state index contributed by atoms with van der Waals surface area (Å²) >= 11 is 1.64. The summed E-state index contributed by atoms with van der Waals surface area (Å²) in [6, 6.07) is 10.2. The van der Waals surface area contributed by atoms with Gasteiger partial charge in [0.05, 0.1) is 21.5 Å². The maximum atomic E-state index is 8.92. The summed E-state index contributed by atoms with van der Waals surface area (Å²) in [5.74, 6) is 0. The maximum Gasteiger partial charge on any atom is 0.101 e. The number of aromatic nitrogens is 2. The van der Waals surface area contributed by atoms with Crippen LogP contribution in [-0.2, 0) is 6.54 Å². The molecule has 0 unspecified atom stereocenters. The van der Waals surface area contributed by atoms with Crippen LogP contribution in [0, 0.1) is 11.3 Å². The van der Waals surface area contributed by atoms with E-state index in [1.54, 1.807) is 17.5 Å². The molecule has 3 aromatic rings. The molecule has 3 rings (SSSR count). The molecule has 0 aliphatic heterocycles. The molecule has 0 N–H and O–H groups in total. The van der Waals surface area contributed by atoms with Crippen molar-refractivity contribution in [3.8, 4) is 16.5 Å². The van der Waals surface area contributed by atoms with Gasteiger partial charge in [0.1, 0.15) is 6.07 Å². The van der Waals surface area contributed by atoms with Gasteiger partial charge in [-0.3, -0.25) is 9.97 Å². The molecule has 0 saturated heterocycles. The topological polar surface area (TPSA) is 52.8 Å². The Labute approximate surface area is 127 Å². The number of pyridine rings is 2. The summed E-state index contributed by atoms with van der Waals surface area (Å²) in [6.07, 6.45) is 3.51. The highest BCUT2D eigenvalue weighted by atomic mass is 32.1. The van der Waals surface area contributed by atoms with E-state index in [2.05, 4.69) is 27.0 Å². The second-order valence-corrected chi connectivity index (χ2v) is 6.19. The van der Waals surface area contributed by atoms with Crippen LogP contribution < -0.4 is 0 Å². The van der Waals surface area contributed by atoms with Crippen LogP contribution in [0.3, 0.4) is 0 Å². The van der Waals surface area contributed by atoms with Crippen LogP contribution in [0.4, 0.5) is 0 Å². The Morgan fingerprint density at radius 1 is 1.19 bits per heavy atom. The Hall–Kier alpha value is -2.29. The van der Waals surface area contributed by atoms with Gasteiger partial charge in [0.2, 0.25) is 0 Å². The summed E-state index contributed by atoms with van der Waals surface area (Å²) in [7, 11) is 4.06. The lowest BCUT2D eigenvalue weighted by Crippen LogP contribution is -2.11. The predicted octanol–water partition coefficient (Wildman–Crippen LogP) is 3.29. The molecule has 0 spiro atoms. The lowest BCUT2D eigenvalue weighted by atomic mass is 10.2. The molecular formula is C16H14N4S. The van der Waals surface area contributed by atoms with E-state index in [-0.39, 0.29) is 0 Å². The molecule has 0 atom stereocenters. The fourth-order valence-corrected chi connectivity index (χ4v) is 3.16. The standard InChI is InChI=1S/C16H14N4S/c1-20(2)10-13-4-3-12(9-18-13)15-6-14-16(21-15)5-11(7-17)8-19-14/h3-6,8-9H,10H2,1-2H3. The second kappa shape index (κ2) is 5.60. The number of nitrogens with zero attached hydrogens (tertiary/aromatic N) is 4. The minimum atomic E-state index is 0.593. The molecule has 4 nitrogen and oxygen atoms in total. The lowest BCUT2D eigenvalue weighted by Gasteiger charge is -2.08. The largest absolute Gasteiger partial charge is 0.304 e. The van der Waals surface area contributed by atoms with Crippen molar-refractivity contribution in [1.82, 2.24) is 14.9 Å². The number of rotatable bonds is 3. The molecule has 0 aliphatic carbocycles. The molecule has 3 aromatic heterocycles. The van der Waals surface area contributed by atoms with E-state index in [9.17, 15) is 0 Å². The number of hydrogen-bond acceptors (Lipinski definition) is 5. The van der Waals surface area contributed by atoms with Gasteiger partial charge in [-0.1, -0.05) is 6.07 Å². The third kappa shape index (κ3) is 2.92. The zero-order chi connectivity index (χ0) is 14.8. The van der Waals surface area contributed by atoms with Crippen molar-refractivity contribution in [2.45, 2.75) is 6.54 Å². The minimum absolute atomic E-state index is 0.593. The van der Waals surface area contributed by atoms with Crippen molar-refractivity contribution in [1.29, 1.82) is 5.26 Å². The number of hydrogen-bond donors (Lipinski definition) is 0. The van der Waals surface area contributed by atoms with Crippen molar-refractivity contribution < 1.29 is 0 Å². The van der Waals surface area contributed by atoms with Gasteiger partial charge >= 0.3 is 0 Å². The van der Waals surface area contributed by atoms with E-state index in [4.69, 9.17) is 5.26 Å². The van der Waals surface area contributed by atoms with Crippen LogP contribution >= 0.6 is 11.3 Å². The highest BCUT2D eigenvalue weighted by molar-refractivity contribution is 7.22. The molecule has 0 bridgehead atoms. The van der Waals surface area contributed by atoms with Crippen LogP contribution in [0.25, 0.3) is 20.7 Å². The monoisotopic (exact) mass is 294 g/mol. The maximum absolute atomic E-state index is 8.92. The van der Waals surface area contributed by atoms with Gasteiger partial charge in [0, 0.05) is 29.4 Å². The third-order valence-corrected chi connectivity index (χ3v) is 4.21. The normalized spacial score (nSPS) is 11.0. The Morgan fingerprint density at radius 3 is 2.71 bits per heavy atom. The van der Waals surface area contributed by atoms with Crippen LogP contribution in [0.5, 0.6) is 0 Å².